The van der Waals surface area contributed by atoms with E-state index in [1.807, 2.05) is 20.8 Å². The molecular formula is C16H25N3O5. The van der Waals surface area contributed by atoms with Crippen molar-refractivity contribution in [1.29, 1.82) is 5.26 Å². The monoisotopic (exact) mass is 339 g/mol. The standard InChI is InChI=1S/C16H25N3O5/c1-10(20)23-11(2)24-15(22)18-13(16(3,4)5)14(21)19-8-6-7-12(19)9-17/h11-13H,6-8H2,1-5H3,(H,18,22)/t11-,12-,13+/m0/s1. The van der Waals surface area contributed by atoms with Gasteiger partial charge in [0.15, 0.2) is 0 Å². The smallest absolute Gasteiger partial charge is 0.410 e. The van der Waals surface area contributed by atoms with Crippen LogP contribution in [-0.2, 0) is 19.1 Å². The van der Waals surface area contributed by atoms with E-state index in [0.29, 0.717) is 13.0 Å². The Labute approximate surface area is 142 Å². The predicted molar refractivity (Wildman–Crippen MR) is 84.4 cm³/mol. The molecule has 0 bridgehead atoms. The Hall–Kier alpha value is -2.30. The first-order valence-corrected chi connectivity index (χ1v) is 7.90. The minimum absolute atomic E-state index is 0.316. The molecule has 1 rings (SSSR count). The normalized spacial score (nSPS) is 19.8. The summed E-state index contributed by atoms with van der Waals surface area (Å²) >= 11 is 0. The van der Waals surface area contributed by atoms with Gasteiger partial charge in [0.25, 0.3) is 0 Å². The lowest BCUT2D eigenvalue weighted by Gasteiger charge is -2.34. The number of carbonyl (C=O) groups is 3. The molecule has 3 atom stereocenters. The van der Waals surface area contributed by atoms with Crippen molar-refractivity contribution in [3.05, 3.63) is 0 Å². The largest absolute Gasteiger partial charge is 0.426 e. The number of ether oxygens (including phenoxy) is 2. The molecule has 1 fully saturated rings. The Morgan fingerprint density at radius 3 is 2.42 bits per heavy atom. The lowest BCUT2D eigenvalue weighted by Crippen LogP contribution is -2.56. The highest BCUT2D eigenvalue weighted by atomic mass is 16.7. The Bertz CT molecular complexity index is 535. The SMILES string of the molecule is CC(=O)O[C@H](C)OC(=O)N[C@H](C(=O)N1CCC[C@H]1C#N)C(C)(C)C. The van der Waals surface area contributed by atoms with Gasteiger partial charge >= 0.3 is 12.1 Å². The first kappa shape index (κ1) is 19.7. The summed E-state index contributed by atoms with van der Waals surface area (Å²) in [4.78, 5) is 37.1. The molecule has 1 saturated heterocycles. The predicted octanol–water partition coefficient (Wildman–Crippen LogP) is 1.55. The van der Waals surface area contributed by atoms with E-state index < -0.39 is 35.9 Å². The zero-order valence-electron chi connectivity index (χ0n) is 14.8. The number of nitrogens with zero attached hydrogens (tertiary/aromatic N) is 2. The second kappa shape index (κ2) is 7.99. The average molecular weight is 339 g/mol. The van der Waals surface area contributed by atoms with Crippen molar-refractivity contribution in [2.45, 2.75) is 65.8 Å². The molecule has 1 N–H and O–H groups in total. The fourth-order valence-electron chi connectivity index (χ4n) is 2.54. The number of hydrogen-bond donors (Lipinski definition) is 1. The summed E-state index contributed by atoms with van der Waals surface area (Å²) in [6.07, 6.45) is -0.525. The number of likely N-dealkylation sites (tertiary alicyclic amines) is 1. The molecule has 0 unspecified atom stereocenters. The van der Waals surface area contributed by atoms with E-state index in [4.69, 9.17) is 14.7 Å². The molecule has 0 aromatic carbocycles. The quantitative estimate of drug-likeness (QED) is 0.615. The molecule has 0 aromatic heterocycles. The highest BCUT2D eigenvalue weighted by Gasteiger charge is 2.40. The molecule has 0 aliphatic carbocycles. The van der Waals surface area contributed by atoms with Gasteiger partial charge in [-0.05, 0) is 18.3 Å². The maximum Gasteiger partial charge on any atom is 0.410 e. The zero-order chi connectivity index (χ0) is 18.5. The second-order valence-corrected chi connectivity index (χ2v) is 6.84. The Kier molecular flexibility index (Phi) is 6.58. The van der Waals surface area contributed by atoms with Crippen LogP contribution < -0.4 is 5.32 Å². The molecule has 8 nitrogen and oxygen atoms in total. The summed E-state index contributed by atoms with van der Waals surface area (Å²) < 4.78 is 9.65. The van der Waals surface area contributed by atoms with Gasteiger partial charge < -0.3 is 19.7 Å². The van der Waals surface area contributed by atoms with E-state index in [1.165, 1.54) is 18.7 Å². The van der Waals surface area contributed by atoms with Gasteiger partial charge in [-0.15, -0.1) is 0 Å². The van der Waals surface area contributed by atoms with Crippen molar-refractivity contribution in [3.63, 3.8) is 0 Å². The van der Waals surface area contributed by atoms with Gasteiger partial charge in [0.05, 0.1) is 6.07 Å². The second-order valence-electron chi connectivity index (χ2n) is 6.84. The molecule has 1 heterocycles. The minimum Gasteiger partial charge on any atom is -0.426 e. The fraction of sp³-hybridized carbons (Fsp3) is 0.750. The molecule has 2 amide bonds. The number of amides is 2. The number of nitriles is 1. The first-order valence-electron chi connectivity index (χ1n) is 7.90. The van der Waals surface area contributed by atoms with Crippen LogP contribution in [0.25, 0.3) is 0 Å². The average Bonchev–Trinajstić information content (AvgIpc) is 2.90. The molecule has 1 aliphatic heterocycles. The van der Waals surface area contributed by atoms with E-state index in [0.717, 1.165) is 6.42 Å². The van der Waals surface area contributed by atoms with Crippen molar-refractivity contribution in [3.8, 4) is 6.07 Å². The Morgan fingerprint density at radius 2 is 1.92 bits per heavy atom. The molecule has 0 aromatic rings. The highest BCUT2D eigenvalue weighted by molar-refractivity contribution is 5.87. The number of rotatable bonds is 4. The number of esters is 1. The van der Waals surface area contributed by atoms with Gasteiger partial charge in [-0.3, -0.25) is 9.59 Å². The molecule has 1 aliphatic rings. The fourth-order valence-corrected chi connectivity index (χ4v) is 2.54. The molecule has 0 spiro atoms. The summed E-state index contributed by atoms with van der Waals surface area (Å²) in [7, 11) is 0. The highest BCUT2D eigenvalue weighted by Crippen LogP contribution is 2.25. The molecule has 24 heavy (non-hydrogen) atoms. The minimum atomic E-state index is -1.06. The van der Waals surface area contributed by atoms with Crippen LogP contribution in [0, 0.1) is 16.7 Å². The number of nitrogens with one attached hydrogen (secondary N) is 1. The maximum absolute atomic E-state index is 12.8. The van der Waals surface area contributed by atoms with Crippen LogP contribution in [-0.4, -0.2) is 47.8 Å². The maximum atomic E-state index is 12.8. The summed E-state index contributed by atoms with van der Waals surface area (Å²) in [5.74, 6) is -0.892. The van der Waals surface area contributed by atoms with Gasteiger partial charge in [0, 0.05) is 20.4 Å². The molecule has 0 saturated carbocycles. The van der Waals surface area contributed by atoms with Crippen LogP contribution in [0.1, 0.15) is 47.5 Å². The van der Waals surface area contributed by atoms with E-state index in [2.05, 4.69) is 11.4 Å². The lowest BCUT2D eigenvalue weighted by molar-refractivity contribution is -0.162. The van der Waals surface area contributed by atoms with Crippen molar-refractivity contribution in [2.24, 2.45) is 5.41 Å². The van der Waals surface area contributed by atoms with Gasteiger partial charge in [0.1, 0.15) is 12.1 Å². The molecule has 8 heteroatoms. The van der Waals surface area contributed by atoms with Crippen molar-refractivity contribution >= 4 is 18.0 Å². The van der Waals surface area contributed by atoms with Crippen LogP contribution in [0.15, 0.2) is 0 Å². The van der Waals surface area contributed by atoms with Gasteiger partial charge in [-0.2, -0.15) is 5.26 Å². The first-order chi connectivity index (χ1) is 11.1. The van der Waals surface area contributed by atoms with E-state index in [9.17, 15) is 14.4 Å². The van der Waals surface area contributed by atoms with Crippen LogP contribution in [0.2, 0.25) is 0 Å². The summed E-state index contributed by atoms with van der Waals surface area (Å²) in [6.45, 7) is 8.52. The summed E-state index contributed by atoms with van der Waals surface area (Å²) in [5.41, 5.74) is -0.580. The number of alkyl carbamates (subject to hydrolysis) is 1. The van der Waals surface area contributed by atoms with Crippen LogP contribution >= 0.6 is 0 Å². The Morgan fingerprint density at radius 1 is 1.29 bits per heavy atom. The summed E-state index contributed by atoms with van der Waals surface area (Å²) in [6, 6.07) is 0.782. The number of carbonyl (C=O) groups excluding carboxylic acids is 3. The number of hydrogen-bond acceptors (Lipinski definition) is 6. The van der Waals surface area contributed by atoms with Gasteiger partial charge in [-0.25, -0.2) is 4.79 Å². The summed E-state index contributed by atoms with van der Waals surface area (Å²) in [5, 5.41) is 11.7. The van der Waals surface area contributed by atoms with E-state index >= 15 is 0 Å². The van der Waals surface area contributed by atoms with Gasteiger partial charge in [-0.1, -0.05) is 20.8 Å². The van der Waals surface area contributed by atoms with Crippen molar-refractivity contribution in [1.82, 2.24) is 10.2 Å². The van der Waals surface area contributed by atoms with Gasteiger partial charge in [0.2, 0.25) is 12.2 Å². The van der Waals surface area contributed by atoms with Crippen LogP contribution in [0.4, 0.5) is 4.79 Å². The van der Waals surface area contributed by atoms with Crippen molar-refractivity contribution in [2.75, 3.05) is 6.54 Å². The Balaban J connectivity index is 2.80. The molecular weight excluding hydrogens is 314 g/mol. The third-order valence-electron chi connectivity index (χ3n) is 3.66. The van der Waals surface area contributed by atoms with Crippen LogP contribution in [0.5, 0.6) is 0 Å². The molecule has 0 radical (unpaired) electrons. The third-order valence-corrected chi connectivity index (χ3v) is 3.66. The molecule has 134 valence electrons. The third kappa shape index (κ3) is 5.41. The topological polar surface area (TPSA) is 109 Å². The van der Waals surface area contributed by atoms with Crippen LogP contribution in [0.3, 0.4) is 0 Å². The van der Waals surface area contributed by atoms with Crippen molar-refractivity contribution < 1.29 is 23.9 Å². The van der Waals surface area contributed by atoms with E-state index in [1.54, 1.807) is 0 Å². The lowest BCUT2D eigenvalue weighted by atomic mass is 9.85. The zero-order valence-corrected chi connectivity index (χ0v) is 14.8. The van der Waals surface area contributed by atoms with E-state index in [-0.39, 0.29) is 5.91 Å².